The molecule has 1 aromatic carbocycles. The fourth-order valence-corrected chi connectivity index (χ4v) is 3.39. The van der Waals surface area contributed by atoms with Gasteiger partial charge in [0.05, 0.1) is 6.10 Å². The van der Waals surface area contributed by atoms with Crippen LogP contribution in [0.3, 0.4) is 0 Å². The summed E-state index contributed by atoms with van der Waals surface area (Å²) in [5.74, 6) is 0.593. The predicted molar refractivity (Wildman–Crippen MR) is 89.7 cm³/mol. The van der Waals surface area contributed by atoms with Crippen molar-refractivity contribution in [1.82, 2.24) is 5.32 Å². The average Bonchev–Trinajstić information content (AvgIpc) is 2.92. The summed E-state index contributed by atoms with van der Waals surface area (Å²) in [6, 6.07) is 9.60. The summed E-state index contributed by atoms with van der Waals surface area (Å²) in [4.78, 5) is 0. The molecule has 1 aromatic rings. The largest absolute Gasteiger partial charge is 0.378 e. The molecule has 1 aliphatic rings. The molecule has 1 saturated heterocycles. The summed E-state index contributed by atoms with van der Waals surface area (Å²) in [6.45, 7) is 13.1. The first-order valence-electron chi connectivity index (χ1n) is 8.42. The van der Waals surface area contributed by atoms with Gasteiger partial charge in [-0.2, -0.15) is 0 Å². The lowest BCUT2D eigenvalue weighted by molar-refractivity contribution is 0.0776. The highest BCUT2D eigenvalue weighted by Crippen LogP contribution is 2.35. The number of rotatable bonds is 5. The molecule has 1 N–H and O–H groups in total. The van der Waals surface area contributed by atoms with E-state index in [2.05, 4.69) is 64.2 Å². The van der Waals surface area contributed by atoms with Crippen molar-refractivity contribution in [2.45, 2.75) is 65.0 Å². The maximum atomic E-state index is 5.90. The fourth-order valence-electron chi connectivity index (χ4n) is 3.39. The topological polar surface area (TPSA) is 21.3 Å². The number of hydrogen-bond donors (Lipinski definition) is 1. The third-order valence-electron chi connectivity index (χ3n) is 4.65. The maximum absolute atomic E-state index is 5.90. The summed E-state index contributed by atoms with van der Waals surface area (Å²) in [5, 5.41) is 3.68. The quantitative estimate of drug-likeness (QED) is 0.864. The molecule has 3 unspecified atom stereocenters. The van der Waals surface area contributed by atoms with Crippen LogP contribution in [0.5, 0.6) is 0 Å². The lowest BCUT2D eigenvalue weighted by Crippen LogP contribution is -2.32. The molecule has 1 heterocycles. The minimum atomic E-state index is 0.217. The Kier molecular flexibility index (Phi) is 5.45. The average molecular weight is 289 g/mol. The molecule has 2 rings (SSSR count). The first-order chi connectivity index (χ1) is 9.97. The summed E-state index contributed by atoms with van der Waals surface area (Å²) in [5.41, 5.74) is 3.02. The third-order valence-corrected chi connectivity index (χ3v) is 4.65. The van der Waals surface area contributed by atoms with Crippen molar-refractivity contribution in [3.8, 4) is 0 Å². The molecule has 21 heavy (non-hydrogen) atoms. The number of ether oxygens (including phenoxy) is 1. The van der Waals surface area contributed by atoms with Crippen molar-refractivity contribution in [1.29, 1.82) is 0 Å². The van der Waals surface area contributed by atoms with Gasteiger partial charge in [0.2, 0.25) is 0 Å². The molecule has 3 atom stereocenters. The van der Waals surface area contributed by atoms with Crippen LogP contribution in [0.15, 0.2) is 24.3 Å². The van der Waals surface area contributed by atoms with Crippen LogP contribution in [0.1, 0.15) is 64.6 Å². The molecular formula is C19H31NO. The Morgan fingerprint density at radius 3 is 2.38 bits per heavy atom. The summed E-state index contributed by atoms with van der Waals surface area (Å²) in [7, 11) is 0. The lowest BCUT2D eigenvalue weighted by atomic mass is 9.83. The van der Waals surface area contributed by atoms with E-state index in [0.717, 1.165) is 26.0 Å². The van der Waals surface area contributed by atoms with Crippen molar-refractivity contribution < 1.29 is 4.74 Å². The third kappa shape index (κ3) is 3.87. The number of hydrogen-bond acceptors (Lipinski definition) is 2. The lowest BCUT2D eigenvalue weighted by Gasteiger charge is -2.29. The maximum Gasteiger partial charge on any atom is 0.0619 e. The van der Waals surface area contributed by atoms with Crippen LogP contribution in [0.2, 0.25) is 0 Å². The Morgan fingerprint density at radius 2 is 1.86 bits per heavy atom. The molecule has 0 bridgehead atoms. The molecule has 0 saturated carbocycles. The van der Waals surface area contributed by atoms with E-state index in [1.165, 1.54) is 11.1 Å². The molecule has 0 aromatic heterocycles. The summed E-state index contributed by atoms with van der Waals surface area (Å²) < 4.78 is 5.90. The number of nitrogens with one attached hydrogen (secondary N) is 1. The highest BCUT2D eigenvalue weighted by Gasteiger charge is 2.34. The molecule has 2 heteroatoms. The Hall–Kier alpha value is -0.860. The zero-order valence-electron chi connectivity index (χ0n) is 14.3. The van der Waals surface area contributed by atoms with Crippen molar-refractivity contribution in [3.63, 3.8) is 0 Å². The van der Waals surface area contributed by atoms with Gasteiger partial charge in [-0.25, -0.2) is 0 Å². The van der Waals surface area contributed by atoms with Crippen LogP contribution < -0.4 is 5.32 Å². The molecular weight excluding hydrogens is 258 g/mol. The summed E-state index contributed by atoms with van der Waals surface area (Å²) in [6.07, 6.45) is 2.67. The van der Waals surface area contributed by atoms with Crippen molar-refractivity contribution in [3.05, 3.63) is 35.4 Å². The smallest absolute Gasteiger partial charge is 0.0619 e. The first kappa shape index (κ1) is 16.5. The Bertz CT molecular complexity index is 432. The predicted octanol–water partition coefficient (Wildman–Crippen LogP) is 4.45. The van der Waals surface area contributed by atoms with Gasteiger partial charge < -0.3 is 10.1 Å². The molecule has 0 spiro atoms. The Balaban J connectivity index is 2.22. The van der Waals surface area contributed by atoms with Gasteiger partial charge >= 0.3 is 0 Å². The molecule has 0 aliphatic carbocycles. The zero-order valence-corrected chi connectivity index (χ0v) is 14.3. The van der Waals surface area contributed by atoms with E-state index >= 15 is 0 Å². The van der Waals surface area contributed by atoms with Crippen molar-refractivity contribution in [2.24, 2.45) is 5.92 Å². The van der Waals surface area contributed by atoms with Gasteiger partial charge in [0.15, 0.2) is 0 Å². The highest BCUT2D eigenvalue weighted by molar-refractivity contribution is 5.30. The second-order valence-electron chi connectivity index (χ2n) is 7.18. The zero-order chi connectivity index (χ0) is 15.5. The fraction of sp³-hybridized carbons (Fsp3) is 0.684. The summed E-state index contributed by atoms with van der Waals surface area (Å²) >= 11 is 0. The van der Waals surface area contributed by atoms with Crippen LogP contribution in [0.4, 0.5) is 0 Å². The van der Waals surface area contributed by atoms with E-state index in [1.54, 1.807) is 0 Å². The standard InChI is InChI=1S/C19H31NO/c1-6-17-16(12-13-21-17)18(20-7-2)14-8-10-15(11-9-14)19(3,4)5/h8-11,16-18,20H,6-7,12-13H2,1-5H3. The minimum Gasteiger partial charge on any atom is -0.378 e. The van der Waals surface area contributed by atoms with Gasteiger partial charge in [0.1, 0.15) is 0 Å². The monoisotopic (exact) mass is 289 g/mol. The van der Waals surface area contributed by atoms with Gasteiger partial charge in [-0.1, -0.05) is 58.9 Å². The van der Waals surface area contributed by atoms with Crippen LogP contribution in [-0.2, 0) is 10.2 Å². The van der Waals surface area contributed by atoms with E-state index in [-0.39, 0.29) is 5.41 Å². The van der Waals surface area contributed by atoms with Crippen LogP contribution in [0, 0.1) is 5.92 Å². The first-order valence-corrected chi connectivity index (χ1v) is 8.42. The van der Waals surface area contributed by atoms with Gasteiger partial charge in [-0.15, -0.1) is 0 Å². The SMILES string of the molecule is CCNC(c1ccc(C(C)(C)C)cc1)C1CCOC1CC. The molecule has 1 aliphatic heterocycles. The van der Waals surface area contributed by atoms with E-state index in [0.29, 0.717) is 18.1 Å². The van der Waals surface area contributed by atoms with Gasteiger partial charge in [-0.3, -0.25) is 0 Å². The number of benzene rings is 1. The van der Waals surface area contributed by atoms with E-state index in [4.69, 9.17) is 4.74 Å². The normalized spacial score (nSPS) is 24.2. The second-order valence-corrected chi connectivity index (χ2v) is 7.18. The second kappa shape index (κ2) is 6.93. The van der Waals surface area contributed by atoms with E-state index in [1.807, 2.05) is 0 Å². The molecule has 0 radical (unpaired) electrons. The van der Waals surface area contributed by atoms with Gasteiger partial charge in [0, 0.05) is 18.6 Å². The van der Waals surface area contributed by atoms with Gasteiger partial charge in [0.25, 0.3) is 0 Å². The molecule has 0 amide bonds. The molecule has 2 nitrogen and oxygen atoms in total. The van der Waals surface area contributed by atoms with Crippen LogP contribution in [-0.4, -0.2) is 19.3 Å². The van der Waals surface area contributed by atoms with Crippen molar-refractivity contribution >= 4 is 0 Å². The van der Waals surface area contributed by atoms with Crippen LogP contribution in [0.25, 0.3) is 0 Å². The highest BCUT2D eigenvalue weighted by atomic mass is 16.5. The van der Waals surface area contributed by atoms with Crippen molar-refractivity contribution in [2.75, 3.05) is 13.2 Å². The minimum absolute atomic E-state index is 0.217. The van der Waals surface area contributed by atoms with E-state index < -0.39 is 0 Å². The Labute approximate surface area is 130 Å². The molecule has 118 valence electrons. The molecule has 1 fully saturated rings. The van der Waals surface area contributed by atoms with E-state index in [9.17, 15) is 0 Å². The Morgan fingerprint density at radius 1 is 1.19 bits per heavy atom. The van der Waals surface area contributed by atoms with Gasteiger partial charge in [-0.05, 0) is 35.9 Å². The van der Waals surface area contributed by atoms with Crippen LogP contribution >= 0.6 is 0 Å².